The van der Waals surface area contributed by atoms with Gasteiger partial charge < -0.3 is 0 Å². The van der Waals surface area contributed by atoms with Gasteiger partial charge in [-0.15, -0.1) is 0 Å². The van der Waals surface area contributed by atoms with Gasteiger partial charge in [-0.25, -0.2) is 4.21 Å². The molecule has 14 heavy (non-hydrogen) atoms. The predicted octanol–water partition coefficient (Wildman–Crippen LogP) is 2.56. The van der Waals surface area contributed by atoms with E-state index in [2.05, 4.69) is 6.08 Å². The van der Waals surface area contributed by atoms with Crippen LogP contribution in [-0.2, 0) is 21.7 Å². The van der Waals surface area contributed by atoms with Crippen LogP contribution >= 0.6 is 0 Å². The monoisotopic (exact) mass is 231 g/mol. The largest absolute Gasteiger partial charge is 0.250 e. The first kappa shape index (κ1) is 10.7. The summed E-state index contributed by atoms with van der Waals surface area (Å²) in [5, 5.41) is 0.978. The molecule has 1 saturated heterocycles. The molecule has 1 fully saturated rings. The van der Waals surface area contributed by atoms with E-state index in [0.29, 0.717) is 10.9 Å². The Morgan fingerprint density at radius 2 is 2.00 bits per heavy atom. The van der Waals surface area contributed by atoms with Crippen molar-refractivity contribution >= 4 is 21.7 Å². The van der Waals surface area contributed by atoms with E-state index < -0.39 is 10.8 Å². The van der Waals surface area contributed by atoms with E-state index >= 15 is 0 Å². The van der Waals surface area contributed by atoms with E-state index in [1.807, 2.05) is 0 Å². The van der Waals surface area contributed by atoms with Crippen molar-refractivity contribution in [1.82, 2.24) is 0 Å². The van der Waals surface area contributed by atoms with Crippen molar-refractivity contribution in [3.63, 3.8) is 0 Å². The molecule has 0 radical (unpaired) electrons. The van der Waals surface area contributed by atoms with Crippen LogP contribution in [0.5, 0.6) is 0 Å². The summed E-state index contributed by atoms with van der Waals surface area (Å²) < 4.78 is 12.0. The summed E-state index contributed by atoms with van der Waals surface area (Å²) in [4.78, 5) is 1.26. The molecule has 1 atom stereocenters. The van der Waals surface area contributed by atoms with Crippen LogP contribution in [0.15, 0.2) is 11.0 Å². The van der Waals surface area contributed by atoms with E-state index in [1.54, 1.807) is 0 Å². The standard InChI is InChI=1S/C11H19OS2/c12-14(10-13-8-4-5-9-13)11-6-2-1-3-7-11/h6H,1-5,7-10H2/q+1. The van der Waals surface area contributed by atoms with Gasteiger partial charge in [0.25, 0.3) is 0 Å². The van der Waals surface area contributed by atoms with Crippen LogP contribution in [0, 0.1) is 0 Å². The van der Waals surface area contributed by atoms with Crippen LogP contribution in [0.1, 0.15) is 38.5 Å². The molecule has 0 amide bonds. The summed E-state index contributed by atoms with van der Waals surface area (Å²) in [5.41, 5.74) is 0. The lowest BCUT2D eigenvalue weighted by molar-refractivity contribution is 0.678. The normalized spacial score (nSPS) is 26.1. The second-order valence-corrected chi connectivity index (χ2v) is 8.31. The highest BCUT2D eigenvalue weighted by Crippen LogP contribution is 2.23. The van der Waals surface area contributed by atoms with Gasteiger partial charge in [0.1, 0.15) is 11.5 Å². The van der Waals surface area contributed by atoms with Crippen LogP contribution in [-0.4, -0.2) is 20.8 Å². The van der Waals surface area contributed by atoms with Crippen molar-refractivity contribution in [3.8, 4) is 0 Å². The molecule has 0 saturated carbocycles. The van der Waals surface area contributed by atoms with Crippen LogP contribution in [0.25, 0.3) is 0 Å². The van der Waals surface area contributed by atoms with Gasteiger partial charge in [-0.1, -0.05) is 6.08 Å². The summed E-state index contributed by atoms with van der Waals surface area (Å²) in [5.74, 6) is 2.69. The highest BCUT2D eigenvalue weighted by Gasteiger charge is 2.27. The summed E-state index contributed by atoms with van der Waals surface area (Å²) >= 11 is 0. The van der Waals surface area contributed by atoms with Crippen LogP contribution < -0.4 is 0 Å². The van der Waals surface area contributed by atoms with E-state index in [-0.39, 0.29) is 0 Å². The summed E-state index contributed by atoms with van der Waals surface area (Å²) in [6, 6.07) is 0. The van der Waals surface area contributed by atoms with Crippen molar-refractivity contribution in [2.45, 2.75) is 38.5 Å². The van der Waals surface area contributed by atoms with Gasteiger partial charge in [0.2, 0.25) is 0 Å². The van der Waals surface area contributed by atoms with Gasteiger partial charge in [0.05, 0.1) is 10.8 Å². The summed E-state index contributed by atoms with van der Waals surface area (Å²) in [6.07, 6.45) is 9.80. The van der Waals surface area contributed by atoms with Crippen molar-refractivity contribution < 1.29 is 4.21 Å². The molecular weight excluding hydrogens is 212 g/mol. The molecule has 1 heterocycles. The van der Waals surface area contributed by atoms with Crippen molar-refractivity contribution in [3.05, 3.63) is 11.0 Å². The fourth-order valence-corrected chi connectivity index (χ4v) is 6.94. The number of hydrogen-bond acceptors (Lipinski definition) is 1. The first-order valence-electron chi connectivity index (χ1n) is 5.58. The van der Waals surface area contributed by atoms with Gasteiger partial charge in [0.15, 0.2) is 5.08 Å². The maximum Gasteiger partial charge on any atom is 0.186 e. The van der Waals surface area contributed by atoms with E-state index in [1.165, 1.54) is 42.1 Å². The zero-order chi connectivity index (χ0) is 9.80. The first-order chi connectivity index (χ1) is 6.86. The zero-order valence-electron chi connectivity index (χ0n) is 8.67. The molecule has 3 heteroatoms. The Kier molecular flexibility index (Phi) is 4.11. The fourth-order valence-electron chi connectivity index (χ4n) is 2.07. The average molecular weight is 231 g/mol. The van der Waals surface area contributed by atoms with Gasteiger partial charge in [0, 0.05) is 15.8 Å². The molecule has 2 rings (SSSR count). The van der Waals surface area contributed by atoms with Crippen LogP contribution in [0.2, 0.25) is 0 Å². The molecule has 2 aliphatic rings. The second kappa shape index (κ2) is 5.36. The Bertz CT molecular complexity index is 242. The second-order valence-electron chi connectivity index (χ2n) is 4.11. The Labute approximate surface area is 92.2 Å². The van der Waals surface area contributed by atoms with Crippen LogP contribution in [0.3, 0.4) is 0 Å². The SMILES string of the molecule is O=S(C[S+]1CCCC1)C1=CCCCC1. The molecule has 0 aromatic rings. The highest BCUT2D eigenvalue weighted by atomic mass is 32.3. The topological polar surface area (TPSA) is 17.1 Å². The molecule has 1 aliphatic heterocycles. The zero-order valence-corrected chi connectivity index (χ0v) is 10.3. The Balaban J connectivity index is 1.84. The number of rotatable bonds is 3. The van der Waals surface area contributed by atoms with Crippen molar-refractivity contribution in [2.75, 3.05) is 16.6 Å². The average Bonchev–Trinajstić information content (AvgIpc) is 2.72. The molecule has 0 spiro atoms. The molecular formula is C11H19OS2+. The van der Waals surface area contributed by atoms with Crippen LogP contribution in [0.4, 0.5) is 0 Å². The predicted molar refractivity (Wildman–Crippen MR) is 65.9 cm³/mol. The Morgan fingerprint density at radius 1 is 1.21 bits per heavy atom. The van der Waals surface area contributed by atoms with Crippen molar-refractivity contribution in [2.24, 2.45) is 0 Å². The minimum atomic E-state index is -0.623. The quantitative estimate of drug-likeness (QED) is 0.682. The summed E-state index contributed by atoms with van der Waals surface area (Å²) in [6.45, 7) is 0. The minimum absolute atomic E-state index is 0.500. The lowest BCUT2D eigenvalue weighted by atomic mass is 10.1. The first-order valence-corrected chi connectivity index (χ1v) is 8.63. The van der Waals surface area contributed by atoms with Gasteiger partial charge >= 0.3 is 0 Å². The van der Waals surface area contributed by atoms with Crippen molar-refractivity contribution in [1.29, 1.82) is 0 Å². The Hall–Kier alpha value is 0.240. The molecule has 0 N–H and O–H groups in total. The highest BCUT2D eigenvalue weighted by molar-refractivity contribution is 8.09. The minimum Gasteiger partial charge on any atom is -0.250 e. The molecule has 0 aromatic heterocycles. The van der Waals surface area contributed by atoms with Gasteiger partial charge in [-0.2, -0.15) is 0 Å². The molecule has 1 aliphatic carbocycles. The smallest absolute Gasteiger partial charge is 0.186 e. The third kappa shape index (κ3) is 2.86. The lowest BCUT2D eigenvalue weighted by Gasteiger charge is -2.11. The maximum absolute atomic E-state index is 12.0. The third-order valence-corrected chi connectivity index (χ3v) is 7.81. The number of allylic oxidation sites excluding steroid dienone is 2. The van der Waals surface area contributed by atoms with E-state index in [0.717, 1.165) is 17.9 Å². The molecule has 80 valence electrons. The number of hydrogen-bond donors (Lipinski definition) is 0. The van der Waals surface area contributed by atoms with E-state index in [9.17, 15) is 4.21 Å². The lowest BCUT2D eigenvalue weighted by Crippen LogP contribution is -2.15. The maximum atomic E-state index is 12.0. The van der Waals surface area contributed by atoms with E-state index in [4.69, 9.17) is 0 Å². The molecule has 0 bridgehead atoms. The third-order valence-electron chi connectivity index (χ3n) is 2.93. The molecule has 0 aromatic carbocycles. The van der Waals surface area contributed by atoms with Gasteiger partial charge in [-0.05, 0) is 38.5 Å². The fraction of sp³-hybridized carbons (Fsp3) is 0.818. The summed E-state index contributed by atoms with van der Waals surface area (Å²) in [7, 11) is -0.123. The molecule has 1 nitrogen and oxygen atoms in total. The Morgan fingerprint density at radius 3 is 2.64 bits per heavy atom. The molecule has 1 unspecified atom stereocenters. The van der Waals surface area contributed by atoms with Gasteiger partial charge in [-0.3, -0.25) is 0 Å².